The molecule has 11 nitrogen and oxygen atoms in total. The zero-order chi connectivity index (χ0) is 23.7. The predicted molar refractivity (Wildman–Crippen MR) is 113 cm³/mol. The Morgan fingerprint density at radius 3 is 2.00 bits per heavy atom. The quantitative estimate of drug-likeness (QED) is 0.354. The summed E-state index contributed by atoms with van der Waals surface area (Å²) >= 11 is 2.96. The standard InChI is InChI=1S/C20H16BrN3O8/c1-2-3-4-8-7-24(23-22-8)12-6-10(18(27)28)13-14(16(12)20(31)32)9(17(25)26)5-11(21)15(13)19(29)30/h5-7H,2-4H2,1H3,(H,25,26)(H,27,28)(H,29,30)(H,31,32). The van der Waals surface area contributed by atoms with Gasteiger partial charge in [0.15, 0.2) is 0 Å². The summed E-state index contributed by atoms with van der Waals surface area (Å²) in [5.74, 6) is -6.29. The van der Waals surface area contributed by atoms with E-state index < -0.39 is 56.9 Å². The van der Waals surface area contributed by atoms with Crippen LogP contribution in [-0.4, -0.2) is 59.3 Å². The van der Waals surface area contributed by atoms with Crippen molar-refractivity contribution in [3.63, 3.8) is 0 Å². The Labute approximate surface area is 188 Å². The minimum absolute atomic E-state index is 0.205. The van der Waals surface area contributed by atoms with Gasteiger partial charge in [-0.1, -0.05) is 18.6 Å². The number of hydrogen-bond donors (Lipinski definition) is 4. The molecule has 0 atom stereocenters. The van der Waals surface area contributed by atoms with Crippen LogP contribution in [0.3, 0.4) is 0 Å². The summed E-state index contributed by atoms with van der Waals surface area (Å²) in [6, 6.07) is 1.89. The number of carbonyl (C=O) groups is 4. The number of halogens is 1. The molecule has 4 N–H and O–H groups in total. The van der Waals surface area contributed by atoms with E-state index in [0.717, 1.165) is 29.7 Å². The van der Waals surface area contributed by atoms with Crippen molar-refractivity contribution in [2.45, 2.75) is 26.2 Å². The van der Waals surface area contributed by atoms with Crippen LogP contribution in [0, 0.1) is 0 Å². The summed E-state index contributed by atoms with van der Waals surface area (Å²) in [6.07, 6.45) is 3.64. The molecule has 0 spiro atoms. The number of benzene rings is 2. The maximum atomic E-state index is 12.2. The first-order valence-electron chi connectivity index (χ1n) is 9.26. The van der Waals surface area contributed by atoms with Crippen LogP contribution in [0.4, 0.5) is 0 Å². The molecular weight excluding hydrogens is 490 g/mol. The molecule has 0 radical (unpaired) electrons. The van der Waals surface area contributed by atoms with Crippen LogP contribution in [0.15, 0.2) is 22.8 Å². The molecule has 0 fully saturated rings. The van der Waals surface area contributed by atoms with Gasteiger partial charge in [-0.3, -0.25) is 0 Å². The van der Waals surface area contributed by atoms with E-state index >= 15 is 0 Å². The molecule has 0 aliphatic heterocycles. The fraction of sp³-hybridized carbons (Fsp3) is 0.200. The third kappa shape index (κ3) is 3.91. The summed E-state index contributed by atoms with van der Waals surface area (Å²) in [5.41, 5.74) is -2.07. The Kier molecular flexibility index (Phi) is 6.25. The minimum Gasteiger partial charge on any atom is -0.478 e. The van der Waals surface area contributed by atoms with E-state index in [1.165, 1.54) is 6.20 Å². The van der Waals surface area contributed by atoms with Gasteiger partial charge in [-0.15, -0.1) is 5.10 Å². The van der Waals surface area contributed by atoms with E-state index in [-0.39, 0.29) is 10.2 Å². The van der Waals surface area contributed by atoms with E-state index in [9.17, 15) is 39.6 Å². The highest BCUT2D eigenvalue weighted by atomic mass is 79.9. The molecule has 3 rings (SSSR count). The molecule has 0 bridgehead atoms. The van der Waals surface area contributed by atoms with Gasteiger partial charge in [0.2, 0.25) is 0 Å². The van der Waals surface area contributed by atoms with Crippen LogP contribution in [0.5, 0.6) is 0 Å². The molecule has 32 heavy (non-hydrogen) atoms. The lowest BCUT2D eigenvalue weighted by molar-refractivity contribution is 0.0675. The molecule has 166 valence electrons. The molecule has 0 aliphatic rings. The second-order valence-electron chi connectivity index (χ2n) is 6.83. The highest BCUT2D eigenvalue weighted by molar-refractivity contribution is 9.10. The first-order chi connectivity index (χ1) is 15.1. The molecule has 2 aromatic carbocycles. The molecular formula is C20H16BrN3O8. The van der Waals surface area contributed by atoms with Gasteiger partial charge in [-0.2, -0.15) is 0 Å². The number of nitrogens with zero attached hydrogens (tertiary/aromatic N) is 3. The van der Waals surface area contributed by atoms with Gasteiger partial charge in [0.05, 0.1) is 39.8 Å². The van der Waals surface area contributed by atoms with Gasteiger partial charge in [0, 0.05) is 15.2 Å². The largest absolute Gasteiger partial charge is 0.478 e. The third-order valence-electron chi connectivity index (χ3n) is 4.80. The highest BCUT2D eigenvalue weighted by Crippen LogP contribution is 2.37. The maximum Gasteiger partial charge on any atom is 0.338 e. The number of rotatable bonds is 8. The SMILES string of the molecule is CCCCc1cn(-c2cc(C(=O)O)c3c(C(=O)O)c(Br)cc(C(=O)O)c3c2C(=O)O)nn1. The summed E-state index contributed by atoms with van der Waals surface area (Å²) in [4.78, 5) is 48.1. The van der Waals surface area contributed by atoms with Gasteiger partial charge in [-0.05, 0) is 40.9 Å². The molecule has 3 aromatic rings. The number of carboxylic acid groups (broad SMARTS) is 4. The van der Waals surface area contributed by atoms with Crippen molar-refractivity contribution >= 4 is 50.6 Å². The number of aromatic nitrogens is 3. The first kappa shape index (κ1) is 22.9. The molecule has 0 saturated carbocycles. The summed E-state index contributed by atoms with van der Waals surface area (Å²) in [6.45, 7) is 1.97. The van der Waals surface area contributed by atoms with Gasteiger partial charge >= 0.3 is 23.9 Å². The van der Waals surface area contributed by atoms with Crippen LogP contribution in [0.1, 0.15) is 66.9 Å². The smallest absolute Gasteiger partial charge is 0.338 e. The van der Waals surface area contributed by atoms with Crippen molar-refractivity contribution in [1.82, 2.24) is 15.0 Å². The average molecular weight is 506 g/mol. The van der Waals surface area contributed by atoms with Gasteiger partial charge in [0.25, 0.3) is 0 Å². The van der Waals surface area contributed by atoms with Crippen molar-refractivity contribution < 1.29 is 39.6 Å². The molecule has 1 heterocycles. The van der Waals surface area contributed by atoms with E-state index in [4.69, 9.17) is 0 Å². The first-order valence-corrected chi connectivity index (χ1v) is 10.1. The number of fused-ring (bicyclic) bond motifs is 1. The van der Waals surface area contributed by atoms with E-state index in [1.807, 2.05) is 6.92 Å². The normalized spacial score (nSPS) is 10.9. The Morgan fingerprint density at radius 1 is 0.906 bits per heavy atom. The Bertz CT molecular complexity index is 1300. The lowest BCUT2D eigenvalue weighted by Crippen LogP contribution is -2.15. The molecule has 1 aromatic heterocycles. The molecule has 0 amide bonds. The van der Waals surface area contributed by atoms with Crippen molar-refractivity contribution in [3.05, 3.63) is 50.8 Å². The van der Waals surface area contributed by atoms with Crippen molar-refractivity contribution in [3.8, 4) is 5.69 Å². The number of hydrogen-bond acceptors (Lipinski definition) is 6. The molecule has 0 unspecified atom stereocenters. The van der Waals surface area contributed by atoms with Crippen molar-refractivity contribution in [2.24, 2.45) is 0 Å². The third-order valence-corrected chi connectivity index (χ3v) is 5.42. The molecule has 0 saturated heterocycles. The summed E-state index contributed by atoms with van der Waals surface area (Å²) in [7, 11) is 0. The Morgan fingerprint density at radius 2 is 1.47 bits per heavy atom. The average Bonchev–Trinajstić information content (AvgIpc) is 3.18. The zero-order valence-corrected chi connectivity index (χ0v) is 18.1. The second kappa shape index (κ2) is 8.75. The predicted octanol–water partition coefficient (Wildman–Crippen LogP) is 3.32. The molecule has 12 heteroatoms. The number of carboxylic acids is 4. The van der Waals surface area contributed by atoms with E-state index in [0.29, 0.717) is 12.1 Å². The highest BCUT2D eigenvalue weighted by Gasteiger charge is 2.31. The van der Waals surface area contributed by atoms with Crippen molar-refractivity contribution in [1.29, 1.82) is 0 Å². The number of unbranched alkanes of at least 4 members (excludes halogenated alkanes) is 1. The Balaban J connectivity index is 2.56. The zero-order valence-electron chi connectivity index (χ0n) is 16.5. The monoisotopic (exact) mass is 505 g/mol. The fourth-order valence-electron chi connectivity index (χ4n) is 3.42. The van der Waals surface area contributed by atoms with Gasteiger partial charge in [0.1, 0.15) is 0 Å². The van der Waals surface area contributed by atoms with Crippen LogP contribution < -0.4 is 0 Å². The van der Waals surface area contributed by atoms with Crippen LogP contribution in [0.2, 0.25) is 0 Å². The van der Waals surface area contributed by atoms with E-state index in [1.54, 1.807) is 0 Å². The second-order valence-corrected chi connectivity index (χ2v) is 7.68. The lowest BCUT2D eigenvalue weighted by atomic mass is 9.90. The maximum absolute atomic E-state index is 12.2. The van der Waals surface area contributed by atoms with Crippen LogP contribution in [0.25, 0.3) is 16.5 Å². The number of aromatic carboxylic acids is 4. The van der Waals surface area contributed by atoms with E-state index in [2.05, 4.69) is 26.2 Å². The lowest BCUT2D eigenvalue weighted by Gasteiger charge is -2.17. The Hall–Kier alpha value is -3.80. The fourth-order valence-corrected chi connectivity index (χ4v) is 4.02. The van der Waals surface area contributed by atoms with Gasteiger partial charge in [-0.25, -0.2) is 23.9 Å². The van der Waals surface area contributed by atoms with Gasteiger partial charge < -0.3 is 20.4 Å². The van der Waals surface area contributed by atoms with Crippen molar-refractivity contribution in [2.75, 3.05) is 0 Å². The van der Waals surface area contributed by atoms with Crippen LogP contribution in [-0.2, 0) is 6.42 Å². The topological polar surface area (TPSA) is 180 Å². The number of aryl methyl sites for hydroxylation is 1. The molecule has 0 aliphatic carbocycles. The minimum atomic E-state index is -1.59. The van der Waals surface area contributed by atoms with Crippen LogP contribution >= 0.6 is 15.9 Å². The summed E-state index contributed by atoms with van der Waals surface area (Å²) in [5, 5.41) is 45.9. The summed E-state index contributed by atoms with van der Waals surface area (Å²) < 4.78 is 0.846.